The lowest BCUT2D eigenvalue weighted by molar-refractivity contribution is -0.137. The first-order chi connectivity index (χ1) is 12.9. The number of nitrogens with zero attached hydrogens (tertiary/aromatic N) is 3. The van der Waals surface area contributed by atoms with E-state index in [2.05, 4.69) is 10.1 Å². The summed E-state index contributed by atoms with van der Waals surface area (Å²) in [5.41, 5.74) is 3.12. The zero-order valence-electron chi connectivity index (χ0n) is 16.0. The van der Waals surface area contributed by atoms with Gasteiger partial charge in [0, 0.05) is 12.6 Å². The number of ether oxygens (including phenoxy) is 1. The highest BCUT2D eigenvalue weighted by Gasteiger charge is 2.21. The van der Waals surface area contributed by atoms with Crippen molar-refractivity contribution in [3.63, 3.8) is 0 Å². The smallest absolute Gasteiger partial charge is 0.263 e. The van der Waals surface area contributed by atoms with E-state index in [1.807, 2.05) is 62.4 Å². The first-order valence-electron chi connectivity index (χ1n) is 8.80. The van der Waals surface area contributed by atoms with Crippen LogP contribution in [0.1, 0.15) is 23.9 Å². The standard InChI is InChI=1S/C21H23N3O3/c1-14-8-10-17(11-9-14)20-22-19(27-23-20)13-24(4)21(25)16(3)26-18-7-5-6-15(2)12-18/h5-12,16H,13H2,1-4H3/t16-/m1/s1. The second-order valence-electron chi connectivity index (χ2n) is 6.65. The fourth-order valence-corrected chi connectivity index (χ4v) is 2.67. The Morgan fingerprint density at radius 3 is 2.59 bits per heavy atom. The Morgan fingerprint density at radius 1 is 1.15 bits per heavy atom. The van der Waals surface area contributed by atoms with Gasteiger partial charge in [-0.2, -0.15) is 4.98 Å². The molecule has 0 aliphatic heterocycles. The Balaban J connectivity index is 1.61. The lowest BCUT2D eigenvalue weighted by atomic mass is 10.1. The Morgan fingerprint density at radius 2 is 1.89 bits per heavy atom. The number of amides is 1. The molecule has 3 rings (SSSR count). The third-order valence-corrected chi connectivity index (χ3v) is 4.18. The van der Waals surface area contributed by atoms with Crippen LogP contribution in [-0.4, -0.2) is 34.1 Å². The summed E-state index contributed by atoms with van der Waals surface area (Å²) in [6.45, 7) is 5.95. The fourth-order valence-electron chi connectivity index (χ4n) is 2.67. The quantitative estimate of drug-likeness (QED) is 0.665. The topological polar surface area (TPSA) is 68.5 Å². The van der Waals surface area contributed by atoms with E-state index in [1.165, 1.54) is 4.90 Å². The number of carbonyl (C=O) groups excluding carboxylic acids is 1. The molecule has 3 aromatic rings. The van der Waals surface area contributed by atoms with Gasteiger partial charge in [-0.05, 0) is 38.5 Å². The van der Waals surface area contributed by atoms with Gasteiger partial charge in [0.1, 0.15) is 5.75 Å². The normalized spacial score (nSPS) is 11.9. The van der Waals surface area contributed by atoms with Gasteiger partial charge in [-0.1, -0.05) is 47.1 Å². The van der Waals surface area contributed by atoms with Crippen LogP contribution in [0.4, 0.5) is 0 Å². The van der Waals surface area contributed by atoms with Crippen LogP contribution in [0, 0.1) is 13.8 Å². The number of aryl methyl sites for hydroxylation is 2. The molecule has 1 amide bonds. The van der Waals surface area contributed by atoms with Crippen molar-refractivity contribution < 1.29 is 14.1 Å². The van der Waals surface area contributed by atoms with Gasteiger partial charge in [-0.15, -0.1) is 0 Å². The summed E-state index contributed by atoms with van der Waals surface area (Å²) in [7, 11) is 1.69. The molecule has 1 heterocycles. The van der Waals surface area contributed by atoms with Crippen LogP contribution in [0.2, 0.25) is 0 Å². The average Bonchev–Trinajstić information content (AvgIpc) is 3.10. The molecule has 1 aromatic heterocycles. The molecule has 0 saturated carbocycles. The summed E-state index contributed by atoms with van der Waals surface area (Å²) in [6.07, 6.45) is -0.615. The van der Waals surface area contributed by atoms with E-state index in [0.717, 1.165) is 16.7 Å². The molecular weight excluding hydrogens is 342 g/mol. The third-order valence-electron chi connectivity index (χ3n) is 4.18. The van der Waals surface area contributed by atoms with Gasteiger partial charge in [0.2, 0.25) is 11.7 Å². The van der Waals surface area contributed by atoms with Crippen LogP contribution >= 0.6 is 0 Å². The van der Waals surface area contributed by atoms with Crippen molar-refractivity contribution in [2.24, 2.45) is 0 Å². The number of aromatic nitrogens is 2. The summed E-state index contributed by atoms with van der Waals surface area (Å²) in [5, 5.41) is 4.00. The summed E-state index contributed by atoms with van der Waals surface area (Å²) in [4.78, 5) is 18.5. The predicted molar refractivity (Wildman–Crippen MR) is 102 cm³/mol. The second-order valence-corrected chi connectivity index (χ2v) is 6.65. The molecule has 0 saturated heterocycles. The van der Waals surface area contributed by atoms with E-state index in [0.29, 0.717) is 17.5 Å². The number of hydrogen-bond acceptors (Lipinski definition) is 5. The maximum absolute atomic E-state index is 12.6. The molecule has 0 unspecified atom stereocenters. The van der Waals surface area contributed by atoms with Crippen molar-refractivity contribution in [2.75, 3.05) is 7.05 Å². The fraction of sp³-hybridized carbons (Fsp3) is 0.286. The van der Waals surface area contributed by atoms with Crippen LogP contribution < -0.4 is 4.74 Å². The molecule has 0 aliphatic carbocycles. The van der Waals surface area contributed by atoms with E-state index >= 15 is 0 Å². The SMILES string of the molecule is Cc1ccc(-c2noc(CN(C)C(=O)[C@@H](C)Oc3cccc(C)c3)n2)cc1. The minimum Gasteiger partial charge on any atom is -0.481 e. The number of hydrogen-bond donors (Lipinski definition) is 0. The van der Waals surface area contributed by atoms with Gasteiger partial charge in [-0.25, -0.2) is 0 Å². The molecule has 0 bridgehead atoms. The average molecular weight is 365 g/mol. The molecule has 140 valence electrons. The second kappa shape index (κ2) is 8.03. The van der Waals surface area contributed by atoms with Crippen LogP contribution in [0.25, 0.3) is 11.4 Å². The molecule has 0 radical (unpaired) electrons. The van der Waals surface area contributed by atoms with Crippen LogP contribution in [0.15, 0.2) is 53.1 Å². The van der Waals surface area contributed by atoms with Gasteiger partial charge in [-0.3, -0.25) is 4.79 Å². The summed E-state index contributed by atoms with van der Waals surface area (Å²) in [6, 6.07) is 15.5. The van der Waals surface area contributed by atoms with Gasteiger partial charge < -0.3 is 14.2 Å². The third kappa shape index (κ3) is 4.73. The van der Waals surface area contributed by atoms with Gasteiger partial charge in [0.05, 0.1) is 6.54 Å². The Hall–Kier alpha value is -3.15. The van der Waals surface area contributed by atoms with Crippen molar-refractivity contribution >= 4 is 5.91 Å². The zero-order chi connectivity index (χ0) is 19.4. The minimum absolute atomic E-state index is 0.161. The Labute approximate surface area is 158 Å². The lowest BCUT2D eigenvalue weighted by Gasteiger charge is -2.20. The first-order valence-corrected chi connectivity index (χ1v) is 8.80. The van der Waals surface area contributed by atoms with Crippen molar-refractivity contribution in [1.29, 1.82) is 0 Å². The van der Waals surface area contributed by atoms with Crippen LogP contribution in [0.3, 0.4) is 0 Å². The molecule has 0 spiro atoms. The Kier molecular flexibility index (Phi) is 5.54. The number of rotatable bonds is 6. The van der Waals surface area contributed by atoms with Gasteiger partial charge in [0.25, 0.3) is 5.91 Å². The van der Waals surface area contributed by atoms with Crippen molar-refractivity contribution in [2.45, 2.75) is 33.4 Å². The molecule has 1 atom stereocenters. The largest absolute Gasteiger partial charge is 0.481 e. The van der Waals surface area contributed by atoms with Crippen molar-refractivity contribution in [3.05, 3.63) is 65.5 Å². The van der Waals surface area contributed by atoms with Crippen LogP contribution in [0.5, 0.6) is 5.75 Å². The van der Waals surface area contributed by atoms with Crippen LogP contribution in [-0.2, 0) is 11.3 Å². The molecule has 0 N–H and O–H groups in total. The minimum atomic E-state index is -0.615. The molecule has 6 heteroatoms. The number of benzene rings is 2. The van der Waals surface area contributed by atoms with E-state index in [1.54, 1.807) is 14.0 Å². The van der Waals surface area contributed by atoms with Crippen molar-refractivity contribution in [1.82, 2.24) is 15.0 Å². The van der Waals surface area contributed by atoms with E-state index in [9.17, 15) is 4.79 Å². The molecular formula is C21H23N3O3. The van der Waals surface area contributed by atoms with Gasteiger partial charge >= 0.3 is 0 Å². The predicted octanol–water partition coefficient (Wildman–Crippen LogP) is 3.78. The van der Waals surface area contributed by atoms with E-state index in [4.69, 9.17) is 9.26 Å². The summed E-state index contributed by atoms with van der Waals surface area (Å²) < 4.78 is 11.0. The monoisotopic (exact) mass is 365 g/mol. The zero-order valence-corrected chi connectivity index (χ0v) is 16.0. The molecule has 27 heavy (non-hydrogen) atoms. The molecule has 6 nitrogen and oxygen atoms in total. The number of likely N-dealkylation sites (N-methyl/N-ethyl adjacent to an activating group) is 1. The molecule has 2 aromatic carbocycles. The highest BCUT2D eigenvalue weighted by molar-refractivity contribution is 5.80. The lowest BCUT2D eigenvalue weighted by Crippen LogP contribution is -2.37. The van der Waals surface area contributed by atoms with E-state index < -0.39 is 6.10 Å². The summed E-state index contributed by atoms with van der Waals surface area (Å²) in [5.74, 6) is 1.40. The molecule has 0 fully saturated rings. The summed E-state index contributed by atoms with van der Waals surface area (Å²) >= 11 is 0. The highest BCUT2D eigenvalue weighted by atomic mass is 16.5. The maximum Gasteiger partial charge on any atom is 0.263 e. The highest BCUT2D eigenvalue weighted by Crippen LogP contribution is 2.18. The van der Waals surface area contributed by atoms with Crippen molar-refractivity contribution in [3.8, 4) is 17.1 Å². The molecule has 0 aliphatic rings. The Bertz CT molecular complexity index is 918. The first kappa shape index (κ1) is 18.6. The van der Waals surface area contributed by atoms with E-state index in [-0.39, 0.29) is 12.5 Å². The maximum atomic E-state index is 12.6. The number of carbonyl (C=O) groups is 1. The van der Waals surface area contributed by atoms with Gasteiger partial charge in [0.15, 0.2) is 6.10 Å².